The van der Waals surface area contributed by atoms with Gasteiger partial charge in [0.25, 0.3) is 5.91 Å². The third kappa shape index (κ3) is 4.17. The number of methoxy groups -OCH3 is 1. The molecule has 3 nitrogen and oxygen atoms in total. The first-order valence-electron chi connectivity index (χ1n) is 7.71. The molecule has 4 heteroatoms. The lowest BCUT2D eigenvalue weighted by Crippen LogP contribution is -2.61. The average Bonchev–Trinajstić information content (AvgIpc) is 2.51. The maximum absolute atomic E-state index is 12.5. The van der Waals surface area contributed by atoms with E-state index in [0.29, 0.717) is 0 Å². The fourth-order valence-corrected chi connectivity index (χ4v) is 6.46. The first-order valence-corrected chi connectivity index (χ1v) is 10.8. The van der Waals surface area contributed by atoms with Crippen molar-refractivity contribution in [3.63, 3.8) is 0 Å². The van der Waals surface area contributed by atoms with Crippen LogP contribution in [0.5, 0.6) is 0 Å². The molecule has 0 radical (unpaired) electrons. The minimum Gasteiger partial charge on any atom is -0.372 e. The molecule has 118 valence electrons. The number of likely N-dealkylation sites (N-methyl/N-ethyl adjacent to an activating group) is 1. The molecule has 0 N–H and O–H groups in total. The Bertz CT molecular complexity index is 447. The van der Waals surface area contributed by atoms with Gasteiger partial charge < -0.3 is 9.64 Å². The van der Waals surface area contributed by atoms with Crippen molar-refractivity contribution in [2.45, 2.75) is 51.6 Å². The molecular weight excluding hydrogens is 278 g/mol. The van der Waals surface area contributed by atoms with Crippen LogP contribution in [0.3, 0.4) is 0 Å². The standard InChI is InChI=1S/C17H29NO2Si/c1-7-11-16(18(3)17(19)14(2)20-4)21(5,6)15-12-9-8-10-13-15/h8-10,12-14,16H,7,11H2,1-6H3. The average molecular weight is 308 g/mol. The topological polar surface area (TPSA) is 29.5 Å². The van der Waals surface area contributed by atoms with E-state index in [1.54, 1.807) is 7.11 Å². The second kappa shape index (κ2) is 7.76. The van der Waals surface area contributed by atoms with Crippen molar-refractivity contribution in [2.24, 2.45) is 0 Å². The lowest BCUT2D eigenvalue weighted by molar-refractivity contribution is -0.140. The van der Waals surface area contributed by atoms with Gasteiger partial charge in [0, 0.05) is 19.8 Å². The van der Waals surface area contributed by atoms with Gasteiger partial charge in [0.1, 0.15) is 14.2 Å². The van der Waals surface area contributed by atoms with Crippen LogP contribution in [0.4, 0.5) is 0 Å². The monoisotopic (exact) mass is 307 g/mol. The third-order valence-electron chi connectivity index (χ3n) is 4.43. The Kier molecular flexibility index (Phi) is 6.62. The Hall–Kier alpha value is -1.13. The van der Waals surface area contributed by atoms with Crippen molar-refractivity contribution < 1.29 is 9.53 Å². The van der Waals surface area contributed by atoms with Crippen LogP contribution in [0.15, 0.2) is 30.3 Å². The summed E-state index contributed by atoms with van der Waals surface area (Å²) in [5.41, 5.74) is 0.287. The second-order valence-electron chi connectivity index (χ2n) is 6.22. The first kappa shape index (κ1) is 17.9. The summed E-state index contributed by atoms with van der Waals surface area (Å²) < 4.78 is 5.20. The van der Waals surface area contributed by atoms with Crippen LogP contribution in [0.2, 0.25) is 13.1 Å². The zero-order valence-electron chi connectivity index (χ0n) is 14.2. The minimum absolute atomic E-state index is 0.0763. The molecule has 0 bridgehead atoms. The van der Waals surface area contributed by atoms with Gasteiger partial charge in [0.15, 0.2) is 0 Å². The molecule has 0 aliphatic carbocycles. The summed E-state index contributed by atoms with van der Waals surface area (Å²) in [5.74, 6) is 0.0763. The van der Waals surface area contributed by atoms with Crippen molar-refractivity contribution in [3.05, 3.63) is 30.3 Å². The van der Waals surface area contributed by atoms with Crippen LogP contribution in [-0.2, 0) is 9.53 Å². The molecule has 2 atom stereocenters. The van der Waals surface area contributed by atoms with Gasteiger partial charge in [-0.05, 0) is 13.3 Å². The summed E-state index contributed by atoms with van der Waals surface area (Å²) in [6.07, 6.45) is 1.73. The van der Waals surface area contributed by atoms with Crippen LogP contribution in [0.1, 0.15) is 26.7 Å². The SMILES string of the molecule is CCCC(N(C)C(=O)C(C)OC)[Si](C)(C)c1ccccc1. The number of carbonyl (C=O) groups is 1. The molecule has 1 aromatic carbocycles. The van der Waals surface area contributed by atoms with E-state index in [2.05, 4.69) is 44.3 Å². The van der Waals surface area contributed by atoms with E-state index in [-0.39, 0.29) is 17.7 Å². The predicted octanol–water partition coefficient (Wildman–Crippen LogP) is 2.80. The highest BCUT2D eigenvalue weighted by molar-refractivity contribution is 6.91. The van der Waals surface area contributed by atoms with Crippen LogP contribution in [0.25, 0.3) is 0 Å². The van der Waals surface area contributed by atoms with Crippen molar-refractivity contribution in [2.75, 3.05) is 14.2 Å². The van der Waals surface area contributed by atoms with Gasteiger partial charge in [-0.25, -0.2) is 0 Å². The maximum Gasteiger partial charge on any atom is 0.251 e. The highest BCUT2D eigenvalue weighted by Crippen LogP contribution is 2.20. The van der Waals surface area contributed by atoms with E-state index in [4.69, 9.17) is 4.74 Å². The molecule has 1 amide bonds. The third-order valence-corrected chi connectivity index (χ3v) is 8.59. The lowest BCUT2D eigenvalue weighted by atomic mass is 10.3. The van der Waals surface area contributed by atoms with Gasteiger partial charge in [0.2, 0.25) is 0 Å². The minimum atomic E-state index is -1.76. The largest absolute Gasteiger partial charge is 0.372 e. The van der Waals surface area contributed by atoms with Crippen molar-refractivity contribution in [1.82, 2.24) is 4.90 Å². The van der Waals surface area contributed by atoms with E-state index in [9.17, 15) is 4.79 Å². The maximum atomic E-state index is 12.5. The van der Waals surface area contributed by atoms with Gasteiger partial charge in [-0.3, -0.25) is 4.79 Å². The number of nitrogens with zero attached hydrogens (tertiary/aromatic N) is 1. The Morgan fingerprint density at radius 3 is 2.33 bits per heavy atom. The highest BCUT2D eigenvalue weighted by atomic mass is 28.3. The Balaban J connectivity index is 3.08. The number of ether oxygens (including phenoxy) is 1. The summed E-state index contributed by atoms with van der Waals surface area (Å²) >= 11 is 0. The summed E-state index contributed by atoms with van der Waals surface area (Å²) in [4.78, 5) is 14.4. The summed E-state index contributed by atoms with van der Waals surface area (Å²) in [6, 6.07) is 10.6. The number of amides is 1. The molecule has 21 heavy (non-hydrogen) atoms. The Labute approximate surface area is 130 Å². The number of hydrogen-bond donors (Lipinski definition) is 0. The quantitative estimate of drug-likeness (QED) is 0.725. The first-order chi connectivity index (χ1) is 9.86. The number of benzene rings is 1. The van der Waals surface area contributed by atoms with Gasteiger partial charge >= 0.3 is 0 Å². The van der Waals surface area contributed by atoms with Crippen LogP contribution < -0.4 is 5.19 Å². The van der Waals surface area contributed by atoms with Gasteiger partial charge in [0.05, 0.1) is 0 Å². The van der Waals surface area contributed by atoms with Gasteiger partial charge in [-0.15, -0.1) is 0 Å². The summed E-state index contributed by atoms with van der Waals surface area (Å²) in [5, 5.41) is 1.40. The highest BCUT2D eigenvalue weighted by Gasteiger charge is 2.38. The van der Waals surface area contributed by atoms with Crippen LogP contribution in [0, 0.1) is 0 Å². The summed E-state index contributed by atoms with van der Waals surface area (Å²) in [7, 11) is 1.75. The molecule has 0 aromatic heterocycles. The molecule has 2 unspecified atom stereocenters. The Morgan fingerprint density at radius 1 is 1.29 bits per heavy atom. The Morgan fingerprint density at radius 2 is 1.86 bits per heavy atom. The molecule has 1 aromatic rings. The van der Waals surface area contributed by atoms with E-state index in [1.165, 1.54) is 5.19 Å². The normalized spacial score (nSPS) is 14.6. The molecule has 0 saturated carbocycles. The molecule has 0 aliphatic rings. The fourth-order valence-electron chi connectivity index (χ4n) is 2.91. The van der Waals surface area contributed by atoms with Crippen LogP contribution >= 0.6 is 0 Å². The molecule has 1 rings (SSSR count). The lowest BCUT2D eigenvalue weighted by Gasteiger charge is -2.40. The molecule has 0 fully saturated rings. The summed E-state index contributed by atoms with van der Waals surface area (Å²) in [6.45, 7) is 8.70. The van der Waals surface area contributed by atoms with E-state index in [1.807, 2.05) is 24.9 Å². The van der Waals surface area contributed by atoms with Crippen molar-refractivity contribution >= 4 is 19.2 Å². The van der Waals surface area contributed by atoms with Gasteiger partial charge in [-0.2, -0.15) is 0 Å². The second-order valence-corrected chi connectivity index (χ2v) is 10.9. The van der Waals surface area contributed by atoms with Crippen LogP contribution in [-0.4, -0.2) is 44.8 Å². The molecule has 0 aliphatic heterocycles. The molecule has 0 heterocycles. The van der Waals surface area contributed by atoms with Crippen molar-refractivity contribution in [3.8, 4) is 0 Å². The van der Waals surface area contributed by atoms with E-state index >= 15 is 0 Å². The van der Waals surface area contributed by atoms with E-state index < -0.39 is 8.07 Å². The number of rotatable bonds is 7. The zero-order valence-corrected chi connectivity index (χ0v) is 15.2. The van der Waals surface area contributed by atoms with Crippen molar-refractivity contribution in [1.29, 1.82) is 0 Å². The fraction of sp³-hybridized carbons (Fsp3) is 0.588. The van der Waals surface area contributed by atoms with E-state index in [0.717, 1.165) is 12.8 Å². The molecule has 0 spiro atoms. The smallest absolute Gasteiger partial charge is 0.251 e. The number of hydrogen-bond acceptors (Lipinski definition) is 2. The van der Waals surface area contributed by atoms with Gasteiger partial charge in [-0.1, -0.05) is 62.0 Å². The number of carbonyl (C=O) groups excluding carboxylic acids is 1. The zero-order chi connectivity index (χ0) is 16.0. The predicted molar refractivity (Wildman–Crippen MR) is 91.5 cm³/mol. The molecular formula is C17H29NO2Si. The molecule has 0 saturated heterocycles.